The Morgan fingerprint density at radius 3 is 2.91 bits per heavy atom. The number of likely N-dealkylation sites (tertiary alicyclic amines) is 1. The van der Waals surface area contributed by atoms with Crippen LogP contribution in [0.5, 0.6) is 11.5 Å². The van der Waals surface area contributed by atoms with Gasteiger partial charge in [0.1, 0.15) is 5.82 Å². The summed E-state index contributed by atoms with van der Waals surface area (Å²) in [6.45, 7) is 4.79. The smallest absolute Gasteiger partial charge is 0.229 e. The molecule has 182 valence electrons. The van der Waals surface area contributed by atoms with Crippen LogP contribution in [0.4, 0.5) is 17.5 Å². The predicted octanol–water partition coefficient (Wildman–Crippen LogP) is 5.07. The summed E-state index contributed by atoms with van der Waals surface area (Å²) >= 11 is 0. The molecule has 0 spiro atoms. The number of hydrogen-bond acceptors (Lipinski definition) is 9. The summed E-state index contributed by atoms with van der Waals surface area (Å²) < 4.78 is 11.5. The van der Waals surface area contributed by atoms with Gasteiger partial charge < -0.3 is 25.0 Å². The van der Waals surface area contributed by atoms with Gasteiger partial charge in [-0.05, 0) is 68.6 Å². The van der Waals surface area contributed by atoms with E-state index >= 15 is 0 Å². The molecule has 0 unspecified atom stereocenters. The standard InChI is InChI=1S/C26H31N7O2/c1-34-23-8-7-21(16-24(23)35-14-4-13-33-11-2-3-12-33)30-26-27-10-9-25(31-26)28-17-19-5-6-20-18-29-32-22(20)15-19/h5,7-10,15-16,18H,2-4,6,11-14,17H2,1H3,(H2,27,28,30,31). The van der Waals surface area contributed by atoms with Gasteiger partial charge in [-0.3, -0.25) is 0 Å². The average molecular weight is 474 g/mol. The van der Waals surface area contributed by atoms with E-state index in [-0.39, 0.29) is 0 Å². The number of hydrogen-bond donors (Lipinski definition) is 2. The molecule has 0 radical (unpaired) electrons. The number of methoxy groups -OCH3 is 1. The number of nitrogens with zero attached hydrogens (tertiary/aromatic N) is 5. The number of ether oxygens (including phenoxy) is 2. The minimum atomic E-state index is 0.506. The highest BCUT2D eigenvalue weighted by molar-refractivity contribution is 5.60. The van der Waals surface area contributed by atoms with Crippen LogP contribution in [-0.2, 0) is 0 Å². The molecule has 0 bridgehead atoms. The fraction of sp³-hybridized carbons (Fsp3) is 0.385. The van der Waals surface area contributed by atoms with Crippen molar-refractivity contribution in [3.05, 3.63) is 65.7 Å². The Labute approximate surface area is 205 Å². The molecule has 1 aromatic carbocycles. The van der Waals surface area contributed by atoms with E-state index < -0.39 is 0 Å². The van der Waals surface area contributed by atoms with Gasteiger partial charge in [0.25, 0.3) is 0 Å². The van der Waals surface area contributed by atoms with E-state index in [1.54, 1.807) is 13.3 Å². The molecular weight excluding hydrogens is 442 g/mol. The molecule has 0 amide bonds. The minimum Gasteiger partial charge on any atom is -0.493 e. The third-order valence-electron chi connectivity index (χ3n) is 6.24. The normalized spacial score (nSPS) is 16.9. The van der Waals surface area contributed by atoms with E-state index in [4.69, 9.17) is 9.47 Å². The highest BCUT2D eigenvalue weighted by Gasteiger charge is 2.14. The second-order valence-corrected chi connectivity index (χ2v) is 8.74. The third kappa shape index (κ3) is 6.05. The van der Waals surface area contributed by atoms with E-state index in [1.807, 2.05) is 30.5 Å². The number of anilines is 3. The van der Waals surface area contributed by atoms with Crippen LogP contribution in [0.2, 0.25) is 0 Å². The number of nitrogens with one attached hydrogen (secondary N) is 2. The van der Waals surface area contributed by atoms with Crippen molar-refractivity contribution in [2.75, 3.05) is 50.5 Å². The van der Waals surface area contributed by atoms with Gasteiger partial charge in [-0.2, -0.15) is 15.2 Å². The lowest BCUT2D eigenvalue weighted by Crippen LogP contribution is -2.21. The molecule has 9 nitrogen and oxygen atoms in total. The number of benzene rings is 1. The number of allylic oxidation sites excluding steroid dienone is 2. The summed E-state index contributed by atoms with van der Waals surface area (Å²) in [6.07, 6.45) is 12.3. The van der Waals surface area contributed by atoms with Crippen molar-refractivity contribution in [2.45, 2.75) is 25.7 Å². The number of fused-ring (bicyclic) bond motifs is 1. The Hall–Kier alpha value is -3.72. The molecule has 3 aliphatic rings. The van der Waals surface area contributed by atoms with Crippen LogP contribution in [0, 0.1) is 0 Å². The second kappa shape index (κ2) is 11.1. The summed E-state index contributed by atoms with van der Waals surface area (Å²) in [4.78, 5) is 11.5. The quantitative estimate of drug-likeness (QED) is 0.440. The monoisotopic (exact) mass is 473 g/mol. The molecule has 5 rings (SSSR count). The molecular formula is C26H31N7O2. The van der Waals surface area contributed by atoms with Gasteiger partial charge in [-0.25, -0.2) is 4.98 Å². The van der Waals surface area contributed by atoms with Crippen LogP contribution >= 0.6 is 0 Å². The SMILES string of the molecule is COc1ccc(Nc2nccc(NCC3=CCC4=CN=NC4=C3)n2)cc1OCCCN1CCCC1. The van der Waals surface area contributed by atoms with Crippen LogP contribution in [0.25, 0.3) is 0 Å². The zero-order valence-electron chi connectivity index (χ0n) is 20.0. The molecule has 1 fully saturated rings. The van der Waals surface area contributed by atoms with Crippen LogP contribution in [-0.4, -0.2) is 54.8 Å². The van der Waals surface area contributed by atoms with Crippen molar-refractivity contribution < 1.29 is 9.47 Å². The molecule has 1 saturated heterocycles. The van der Waals surface area contributed by atoms with Gasteiger partial charge in [0.05, 0.1) is 25.6 Å². The van der Waals surface area contributed by atoms with Crippen molar-refractivity contribution in [1.82, 2.24) is 14.9 Å². The van der Waals surface area contributed by atoms with Gasteiger partial charge in [-0.1, -0.05) is 6.08 Å². The van der Waals surface area contributed by atoms with E-state index in [2.05, 4.69) is 47.9 Å². The highest BCUT2D eigenvalue weighted by Crippen LogP contribution is 2.32. The zero-order valence-corrected chi connectivity index (χ0v) is 20.0. The second-order valence-electron chi connectivity index (χ2n) is 8.74. The van der Waals surface area contributed by atoms with Crippen molar-refractivity contribution >= 4 is 17.5 Å². The van der Waals surface area contributed by atoms with Gasteiger partial charge in [0.15, 0.2) is 11.5 Å². The summed E-state index contributed by atoms with van der Waals surface area (Å²) in [5, 5.41) is 14.8. The molecule has 0 saturated carbocycles. The zero-order chi connectivity index (χ0) is 23.9. The fourth-order valence-electron chi connectivity index (χ4n) is 4.35. The Bertz CT molecular complexity index is 1170. The summed E-state index contributed by atoms with van der Waals surface area (Å²) in [5.74, 6) is 2.67. The van der Waals surface area contributed by atoms with Crippen LogP contribution in [0.3, 0.4) is 0 Å². The first kappa shape index (κ1) is 23.0. The molecule has 1 aliphatic carbocycles. The number of aromatic nitrogens is 2. The maximum absolute atomic E-state index is 6.05. The molecule has 9 heteroatoms. The molecule has 0 atom stereocenters. The third-order valence-corrected chi connectivity index (χ3v) is 6.24. The first-order valence-corrected chi connectivity index (χ1v) is 12.1. The lowest BCUT2D eigenvalue weighted by molar-refractivity contribution is 0.254. The van der Waals surface area contributed by atoms with Gasteiger partial charge in [-0.15, -0.1) is 0 Å². The Morgan fingerprint density at radius 1 is 1.11 bits per heavy atom. The Morgan fingerprint density at radius 2 is 2.03 bits per heavy atom. The number of rotatable bonds is 11. The van der Waals surface area contributed by atoms with Crippen LogP contribution in [0.1, 0.15) is 25.7 Å². The van der Waals surface area contributed by atoms with Gasteiger partial charge in [0, 0.05) is 36.6 Å². The first-order chi connectivity index (χ1) is 17.3. The number of azo groups is 1. The van der Waals surface area contributed by atoms with Crippen molar-refractivity contribution in [2.24, 2.45) is 10.2 Å². The Balaban J connectivity index is 1.16. The van der Waals surface area contributed by atoms with E-state index in [0.29, 0.717) is 30.6 Å². The largest absolute Gasteiger partial charge is 0.493 e. The maximum atomic E-state index is 6.05. The van der Waals surface area contributed by atoms with E-state index in [0.717, 1.165) is 47.7 Å². The van der Waals surface area contributed by atoms with Crippen LogP contribution in [0.15, 0.2) is 75.9 Å². The van der Waals surface area contributed by atoms with E-state index in [9.17, 15) is 0 Å². The maximum Gasteiger partial charge on any atom is 0.229 e. The molecule has 2 aromatic rings. The van der Waals surface area contributed by atoms with Crippen molar-refractivity contribution in [1.29, 1.82) is 0 Å². The summed E-state index contributed by atoms with van der Waals surface area (Å²) in [5.41, 5.74) is 4.11. The topological polar surface area (TPSA) is 96.3 Å². The predicted molar refractivity (Wildman–Crippen MR) is 136 cm³/mol. The first-order valence-electron chi connectivity index (χ1n) is 12.1. The lowest BCUT2D eigenvalue weighted by Gasteiger charge is -2.16. The van der Waals surface area contributed by atoms with Gasteiger partial charge in [0.2, 0.25) is 5.95 Å². The molecule has 2 aliphatic heterocycles. The molecule has 1 aromatic heterocycles. The highest BCUT2D eigenvalue weighted by atomic mass is 16.5. The Kier molecular flexibility index (Phi) is 7.33. The molecule has 2 N–H and O–H groups in total. The van der Waals surface area contributed by atoms with Crippen molar-refractivity contribution in [3.63, 3.8) is 0 Å². The molecule has 3 heterocycles. The lowest BCUT2D eigenvalue weighted by atomic mass is 10.0. The summed E-state index contributed by atoms with van der Waals surface area (Å²) in [6, 6.07) is 7.61. The minimum absolute atomic E-state index is 0.506. The fourth-order valence-corrected chi connectivity index (χ4v) is 4.35. The summed E-state index contributed by atoms with van der Waals surface area (Å²) in [7, 11) is 1.65. The molecule has 35 heavy (non-hydrogen) atoms. The van der Waals surface area contributed by atoms with Crippen molar-refractivity contribution in [3.8, 4) is 11.5 Å². The van der Waals surface area contributed by atoms with Gasteiger partial charge >= 0.3 is 0 Å². The van der Waals surface area contributed by atoms with E-state index in [1.165, 1.54) is 25.9 Å². The van der Waals surface area contributed by atoms with Crippen LogP contribution < -0.4 is 20.1 Å². The average Bonchev–Trinajstić information content (AvgIpc) is 3.58.